The molecule has 2 heteroatoms. The highest BCUT2D eigenvalue weighted by atomic mass is 16.5. The molecule has 0 saturated carbocycles. The molecule has 2 nitrogen and oxygen atoms in total. The van der Waals surface area contributed by atoms with Crippen molar-refractivity contribution in [1.82, 2.24) is 0 Å². The average Bonchev–Trinajstić information content (AvgIpc) is 2.27. The number of hydrogen-bond acceptors (Lipinski definition) is 2. The van der Waals surface area contributed by atoms with Crippen LogP contribution in [0.1, 0.15) is 30.9 Å². The van der Waals surface area contributed by atoms with E-state index in [9.17, 15) is 0 Å². The van der Waals surface area contributed by atoms with E-state index in [0.29, 0.717) is 18.1 Å². The summed E-state index contributed by atoms with van der Waals surface area (Å²) in [5, 5.41) is 8.80. The zero-order valence-electron chi connectivity index (χ0n) is 8.95. The maximum Gasteiger partial charge on any atom is 0.127 e. The number of hydrogen-bond donors (Lipinski definition) is 0. The smallest absolute Gasteiger partial charge is 0.127 e. The molecule has 1 aliphatic heterocycles. The third-order valence-electron chi connectivity index (χ3n) is 2.56. The lowest BCUT2D eigenvalue weighted by Crippen LogP contribution is -2.06. The summed E-state index contributed by atoms with van der Waals surface area (Å²) in [6.45, 7) is 4.70. The van der Waals surface area contributed by atoms with E-state index in [1.165, 1.54) is 5.56 Å². The molecule has 0 saturated heterocycles. The standard InChI is InChI=1S/C13H13NO/c1-9(2)11-3-4-13-12(6-11)5-10(7-14)8-15-13/h3-6,9H,8H2,1-2H3. The van der Waals surface area contributed by atoms with Crippen LogP contribution in [-0.4, -0.2) is 6.61 Å². The van der Waals surface area contributed by atoms with Crippen molar-refractivity contribution in [3.05, 3.63) is 34.9 Å². The Morgan fingerprint density at radius 2 is 2.20 bits per heavy atom. The third-order valence-corrected chi connectivity index (χ3v) is 2.56. The SMILES string of the molecule is CC(C)c1ccc2c(c1)C=C(C#N)CO2. The summed E-state index contributed by atoms with van der Waals surface area (Å²) in [6.07, 6.45) is 1.91. The van der Waals surface area contributed by atoms with Gasteiger partial charge < -0.3 is 4.74 Å². The van der Waals surface area contributed by atoms with E-state index in [-0.39, 0.29) is 0 Å². The molecule has 0 aliphatic carbocycles. The molecule has 76 valence electrons. The molecule has 1 aromatic rings. The molecule has 0 unspecified atom stereocenters. The quantitative estimate of drug-likeness (QED) is 0.696. The highest BCUT2D eigenvalue weighted by molar-refractivity contribution is 5.65. The Balaban J connectivity index is 2.45. The van der Waals surface area contributed by atoms with Crippen LogP contribution in [0.2, 0.25) is 0 Å². The van der Waals surface area contributed by atoms with Gasteiger partial charge in [-0.1, -0.05) is 19.9 Å². The molecule has 1 aliphatic rings. The second-order valence-electron chi connectivity index (χ2n) is 4.02. The largest absolute Gasteiger partial charge is 0.488 e. The van der Waals surface area contributed by atoms with Crippen LogP contribution in [0.25, 0.3) is 6.08 Å². The Morgan fingerprint density at radius 3 is 2.87 bits per heavy atom. The van der Waals surface area contributed by atoms with Crippen molar-refractivity contribution in [1.29, 1.82) is 5.26 Å². The second-order valence-corrected chi connectivity index (χ2v) is 4.02. The summed E-state index contributed by atoms with van der Waals surface area (Å²) < 4.78 is 5.47. The topological polar surface area (TPSA) is 33.0 Å². The first-order valence-corrected chi connectivity index (χ1v) is 5.08. The summed E-state index contributed by atoms with van der Waals surface area (Å²) in [7, 11) is 0. The summed E-state index contributed by atoms with van der Waals surface area (Å²) >= 11 is 0. The third kappa shape index (κ3) is 1.87. The normalized spacial score (nSPS) is 13.9. The van der Waals surface area contributed by atoms with Crippen LogP contribution in [0.3, 0.4) is 0 Å². The zero-order valence-corrected chi connectivity index (χ0v) is 8.95. The fourth-order valence-corrected chi connectivity index (χ4v) is 1.62. The van der Waals surface area contributed by atoms with Crippen molar-refractivity contribution in [3.8, 4) is 11.8 Å². The average molecular weight is 199 g/mol. The first-order valence-electron chi connectivity index (χ1n) is 5.08. The zero-order chi connectivity index (χ0) is 10.8. The van der Waals surface area contributed by atoms with Crippen LogP contribution >= 0.6 is 0 Å². The van der Waals surface area contributed by atoms with Gasteiger partial charge in [0.15, 0.2) is 0 Å². The van der Waals surface area contributed by atoms with Crippen LogP contribution < -0.4 is 4.74 Å². The fourth-order valence-electron chi connectivity index (χ4n) is 1.62. The van der Waals surface area contributed by atoms with Crippen molar-refractivity contribution < 1.29 is 4.74 Å². The highest BCUT2D eigenvalue weighted by Gasteiger charge is 2.12. The van der Waals surface area contributed by atoms with Gasteiger partial charge >= 0.3 is 0 Å². The Bertz CT molecular complexity index is 452. The monoisotopic (exact) mass is 199 g/mol. The Labute approximate surface area is 89.8 Å². The molecule has 0 bridgehead atoms. The lowest BCUT2D eigenvalue weighted by molar-refractivity contribution is 0.351. The number of fused-ring (bicyclic) bond motifs is 1. The van der Waals surface area contributed by atoms with E-state index in [4.69, 9.17) is 10.00 Å². The fraction of sp³-hybridized carbons (Fsp3) is 0.308. The molecule has 2 rings (SSSR count). The van der Waals surface area contributed by atoms with Crippen LogP contribution in [-0.2, 0) is 0 Å². The summed E-state index contributed by atoms with van der Waals surface area (Å²) in [5.41, 5.74) is 2.97. The van der Waals surface area contributed by atoms with Gasteiger partial charge in [-0.15, -0.1) is 0 Å². The van der Waals surface area contributed by atoms with Crippen LogP contribution in [0, 0.1) is 11.3 Å². The van der Waals surface area contributed by atoms with Gasteiger partial charge in [0.25, 0.3) is 0 Å². The van der Waals surface area contributed by atoms with Gasteiger partial charge in [0.05, 0.1) is 11.6 Å². The molecule has 15 heavy (non-hydrogen) atoms. The number of nitrogens with zero attached hydrogens (tertiary/aromatic N) is 1. The van der Waals surface area contributed by atoms with Gasteiger partial charge in [-0.05, 0) is 29.7 Å². The lowest BCUT2D eigenvalue weighted by atomic mass is 9.98. The molecular formula is C13H13NO. The van der Waals surface area contributed by atoms with Crippen molar-refractivity contribution in [2.24, 2.45) is 0 Å². The Hall–Kier alpha value is -1.75. The van der Waals surface area contributed by atoms with E-state index in [1.807, 2.05) is 12.1 Å². The first-order chi connectivity index (χ1) is 7.20. The molecule has 0 N–H and O–H groups in total. The van der Waals surface area contributed by atoms with Crippen LogP contribution in [0.15, 0.2) is 23.8 Å². The summed E-state index contributed by atoms with van der Waals surface area (Å²) in [5.74, 6) is 1.37. The van der Waals surface area contributed by atoms with E-state index >= 15 is 0 Å². The van der Waals surface area contributed by atoms with Gasteiger partial charge in [-0.2, -0.15) is 5.26 Å². The molecule has 1 aromatic carbocycles. The van der Waals surface area contributed by atoms with Gasteiger partial charge in [0.2, 0.25) is 0 Å². The molecular weight excluding hydrogens is 186 g/mol. The van der Waals surface area contributed by atoms with Gasteiger partial charge in [-0.25, -0.2) is 0 Å². The maximum absolute atomic E-state index is 8.80. The molecule has 0 amide bonds. The molecule has 0 fully saturated rings. The molecule has 0 aromatic heterocycles. The Morgan fingerprint density at radius 1 is 1.40 bits per heavy atom. The van der Waals surface area contributed by atoms with E-state index in [2.05, 4.69) is 32.0 Å². The number of ether oxygens (including phenoxy) is 1. The predicted molar refractivity (Wildman–Crippen MR) is 59.6 cm³/mol. The van der Waals surface area contributed by atoms with Crippen molar-refractivity contribution >= 4 is 6.08 Å². The van der Waals surface area contributed by atoms with Crippen LogP contribution in [0.5, 0.6) is 5.75 Å². The second kappa shape index (κ2) is 3.78. The van der Waals surface area contributed by atoms with Gasteiger partial charge in [-0.3, -0.25) is 0 Å². The predicted octanol–water partition coefficient (Wildman–Crippen LogP) is 3.11. The minimum Gasteiger partial charge on any atom is -0.488 e. The Kier molecular flexibility index (Phi) is 2.47. The van der Waals surface area contributed by atoms with Gasteiger partial charge in [0.1, 0.15) is 12.4 Å². The van der Waals surface area contributed by atoms with Gasteiger partial charge in [0, 0.05) is 5.56 Å². The van der Waals surface area contributed by atoms with E-state index in [1.54, 1.807) is 0 Å². The minimum absolute atomic E-state index is 0.393. The van der Waals surface area contributed by atoms with Crippen molar-refractivity contribution in [2.75, 3.05) is 6.61 Å². The maximum atomic E-state index is 8.80. The summed E-state index contributed by atoms with van der Waals surface area (Å²) in [4.78, 5) is 0. The molecule has 1 heterocycles. The number of benzene rings is 1. The minimum atomic E-state index is 0.393. The number of rotatable bonds is 1. The lowest BCUT2D eigenvalue weighted by Gasteiger charge is -2.16. The van der Waals surface area contributed by atoms with E-state index < -0.39 is 0 Å². The van der Waals surface area contributed by atoms with E-state index in [0.717, 1.165) is 11.3 Å². The highest BCUT2D eigenvalue weighted by Crippen LogP contribution is 2.29. The van der Waals surface area contributed by atoms with Crippen LogP contribution in [0.4, 0.5) is 0 Å². The summed E-state index contributed by atoms with van der Waals surface area (Å²) in [6, 6.07) is 8.28. The molecule has 0 spiro atoms. The molecule has 0 radical (unpaired) electrons. The number of nitriles is 1. The molecule has 0 atom stereocenters. The first kappa shape index (κ1) is 9.79. The van der Waals surface area contributed by atoms with Crippen molar-refractivity contribution in [3.63, 3.8) is 0 Å². The van der Waals surface area contributed by atoms with Crippen molar-refractivity contribution in [2.45, 2.75) is 19.8 Å².